The summed E-state index contributed by atoms with van der Waals surface area (Å²) in [5.74, 6) is 2.00. The SMILES string of the molecule is COc1cc(N[C@H]2CCCN(c3nccn(C)c3=O)C2)cc(OC)c1. The number of aryl methyl sites for hydroxylation is 1. The van der Waals surface area contributed by atoms with Crippen molar-refractivity contribution in [3.8, 4) is 11.5 Å². The minimum absolute atomic E-state index is 0.0637. The van der Waals surface area contributed by atoms with Crippen LogP contribution in [0.25, 0.3) is 0 Å². The summed E-state index contributed by atoms with van der Waals surface area (Å²) in [4.78, 5) is 18.6. The van der Waals surface area contributed by atoms with Crippen LogP contribution in [0.2, 0.25) is 0 Å². The van der Waals surface area contributed by atoms with Crippen LogP contribution in [0.15, 0.2) is 35.4 Å². The summed E-state index contributed by atoms with van der Waals surface area (Å²) in [6.07, 6.45) is 5.37. The Morgan fingerprint density at radius 1 is 1.20 bits per heavy atom. The molecule has 134 valence electrons. The summed E-state index contributed by atoms with van der Waals surface area (Å²) in [6.45, 7) is 1.57. The Bertz CT molecular complexity index is 768. The van der Waals surface area contributed by atoms with Gasteiger partial charge in [-0.25, -0.2) is 4.98 Å². The second kappa shape index (κ2) is 7.46. The Morgan fingerprint density at radius 3 is 2.60 bits per heavy atom. The van der Waals surface area contributed by atoms with E-state index in [-0.39, 0.29) is 11.6 Å². The topological polar surface area (TPSA) is 68.6 Å². The third-order valence-corrected chi connectivity index (χ3v) is 4.44. The number of ether oxygens (including phenoxy) is 2. The van der Waals surface area contributed by atoms with Gasteiger partial charge < -0.3 is 24.3 Å². The first-order valence-electron chi connectivity index (χ1n) is 8.37. The Labute approximate surface area is 147 Å². The van der Waals surface area contributed by atoms with Crippen molar-refractivity contribution >= 4 is 11.5 Å². The van der Waals surface area contributed by atoms with Gasteiger partial charge in [0.15, 0.2) is 5.82 Å². The van der Waals surface area contributed by atoms with Gasteiger partial charge in [0.2, 0.25) is 0 Å². The van der Waals surface area contributed by atoms with E-state index in [0.29, 0.717) is 5.82 Å². The molecule has 0 saturated carbocycles. The number of rotatable bonds is 5. The molecule has 0 unspecified atom stereocenters. The van der Waals surface area contributed by atoms with E-state index in [9.17, 15) is 4.79 Å². The lowest BCUT2D eigenvalue weighted by Crippen LogP contribution is -2.45. The lowest BCUT2D eigenvalue weighted by atomic mass is 10.1. The monoisotopic (exact) mass is 344 g/mol. The molecule has 7 heteroatoms. The standard InChI is InChI=1S/C18H24N4O3/c1-21-8-6-19-17(18(21)23)22-7-4-5-13(12-22)20-14-9-15(24-2)11-16(10-14)25-3/h6,8-11,13,20H,4-5,7,12H2,1-3H3/t13-/m0/s1. The van der Waals surface area contributed by atoms with Gasteiger partial charge in [-0.2, -0.15) is 0 Å². The number of anilines is 2. The zero-order chi connectivity index (χ0) is 17.8. The molecule has 0 bridgehead atoms. The molecule has 2 heterocycles. The average molecular weight is 344 g/mol. The molecule has 0 aliphatic carbocycles. The zero-order valence-corrected chi connectivity index (χ0v) is 14.9. The van der Waals surface area contributed by atoms with Gasteiger partial charge in [-0.3, -0.25) is 4.79 Å². The Hall–Kier alpha value is -2.70. The summed E-state index contributed by atoms with van der Waals surface area (Å²) in [7, 11) is 5.02. The van der Waals surface area contributed by atoms with Crippen LogP contribution in [-0.4, -0.2) is 42.9 Å². The molecule has 3 rings (SSSR count). The van der Waals surface area contributed by atoms with Gasteiger partial charge in [0.05, 0.1) is 14.2 Å². The molecule has 1 N–H and O–H groups in total. The van der Waals surface area contributed by atoms with Gasteiger partial charge >= 0.3 is 0 Å². The van der Waals surface area contributed by atoms with Crippen LogP contribution in [0.3, 0.4) is 0 Å². The zero-order valence-electron chi connectivity index (χ0n) is 14.9. The highest BCUT2D eigenvalue weighted by Gasteiger charge is 2.23. The number of aromatic nitrogens is 2. The highest BCUT2D eigenvalue weighted by molar-refractivity contribution is 5.54. The number of piperidine rings is 1. The van der Waals surface area contributed by atoms with Crippen molar-refractivity contribution in [2.75, 3.05) is 37.5 Å². The summed E-state index contributed by atoms with van der Waals surface area (Å²) in [5, 5.41) is 3.53. The van der Waals surface area contributed by atoms with Gasteiger partial charge in [-0.15, -0.1) is 0 Å². The molecule has 1 aliphatic heterocycles. The summed E-state index contributed by atoms with van der Waals surface area (Å²) in [6, 6.07) is 5.95. The van der Waals surface area contributed by atoms with Crippen molar-refractivity contribution < 1.29 is 9.47 Å². The molecule has 1 atom stereocenters. The first kappa shape index (κ1) is 17.1. The largest absolute Gasteiger partial charge is 0.497 e. The molecule has 1 saturated heterocycles. The highest BCUT2D eigenvalue weighted by atomic mass is 16.5. The Morgan fingerprint density at radius 2 is 1.92 bits per heavy atom. The lowest BCUT2D eigenvalue weighted by molar-refractivity contribution is 0.394. The first-order valence-corrected chi connectivity index (χ1v) is 8.37. The van der Waals surface area contributed by atoms with Crippen molar-refractivity contribution in [3.63, 3.8) is 0 Å². The fourth-order valence-corrected chi connectivity index (χ4v) is 3.12. The maximum Gasteiger partial charge on any atom is 0.293 e. The number of hydrogen-bond donors (Lipinski definition) is 1. The molecule has 1 fully saturated rings. The van der Waals surface area contributed by atoms with Crippen molar-refractivity contribution in [2.24, 2.45) is 7.05 Å². The van der Waals surface area contributed by atoms with Gasteiger partial charge in [-0.05, 0) is 12.8 Å². The second-order valence-electron chi connectivity index (χ2n) is 6.20. The predicted molar refractivity (Wildman–Crippen MR) is 97.9 cm³/mol. The molecule has 1 aromatic carbocycles. The van der Waals surface area contributed by atoms with Crippen LogP contribution in [-0.2, 0) is 7.05 Å². The van der Waals surface area contributed by atoms with Crippen LogP contribution >= 0.6 is 0 Å². The maximum absolute atomic E-state index is 12.3. The van der Waals surface area contributed by atoms with E-state index in [1.54, 1.807) is 38.2 Å². The van der Waals surface area contributed by atoms with E-state index >= 15 is 0 Å². The fraction of sp³-hybridized carbons (Fsp3) is 0.444. The minimum Gasteiger partial charge on any atom is -0.497 e. The van der Waals surface area contributed by atoms with E-state index in [1.807, 2.05) is 18.2 Å². The molecule has 25 heavy (non-hydrogen) atoms. The minimum atomic E-state index is -0.0637. The molecule has 1 aliphatic rings. The lowest BCUT2D eigenvalue weighted by Gasteiger charge is -2.34. The quantitative estimate of drug-likeness (QED) is 0.893. The highest BCUT2D eigenvalue weighted by Crippen LogP contribution is 2.27. The van der Waals surface area contributed by atoms with Gasteiger partial charge in [0, 0.05) is 62.5 Å². The summed E-state index contributed by atoms with van der Waals surface area (Å²) in [5.41, 5.74) is 0.878. The van der Waals surface area contributed by atoms with Crippen LogP contribution in [0.5, 0.6) is 11.5 Å². The number of hydrogen-bond acceptors (Lipinski definition) is 6. The first-order chi connectivity index (χ1) is 12.1. The fourth-order valence-electron chi connectivity index (χ4n) is 3.12. The molecular weight excluding hydrogens is 320 g/mol. The molecule has 1 aromatic heterocycles. The van der Waals surface area contributed by atoms with Crippen LogP contribution in [0, 0.1) is 0 Å². The summed E-state index contributed by atoms with van der Waals surface area (Å²) >= 11 is 0. The molecule has 0 amide bonds. The predicted octanol–water partition coefficient (Wildman–Crippen LogP) is 1.88. The molecular formula is C18H24N4O3. The maximum atomic E-state index is 12.3. The molecule has 7 nitrogen and oxygen atoms in total. The average Bonchev–Trinajstić information content (AvgIpc) is 2.63. The number of nitrogens with zero attached hydrogens (tertiary/aromatic N) is 3. The van der Waals surface area contributed by atoms with Gasteiger partial charge in [0.1, 0.15) is 11.5 Å². The van der Waals surface area contributed by atoms with Crippen LogP contribution < -0.4 is 25.2 Å². The molecule has 0 spiro atoms. The summed E-state index contributed by atoms with van der Waals surface area (Å²) < 4.78 is 12.2. The van der Waals surface area contributed by atoms with E-state index in [4.69, 9.17) is 9.47 Å². The van der Waals surface area contributed by atoms with Crippen LogP contribution in [0.1, 0.15) is 12.8 Å². The van der Waals surface area contributed by atoms with Crippen LogP contribution in [0.4, 0.5) is 11.5 Å². The normalized spacial score (nSPS) is 17.2. The third-order valence-electron chi connectivity index (χ3n) is 4.44. The third kappa shape index (κ3) is 3.87. The van der Waals surface area contributed by atoms with Crippen molar-refractivity contribution in [3.05, 3.63) is 40.9 Å². The van der Waals surface area contributed by atoms with E-state index < -0.39 is 0 Å². The van der Waals surface area contributed by atoms with E-state index in [1.165, 1.54) is 0 Å². The van der Waals surface area contributed by atoms with Crippen molar-refractivity contribution in [2.45, 2.75) is 18.9 Å². The molecule has 0 radical (unpaired) electrons. The van der Waals surface area contributed by atoms with E-state index in [0.717, 1.165) is 43.1 Å². The smallest absolute Gasteiger partial charge is 0.293 e. The van der Waals surface area contributed by atoms with Crippen molar-refractivity contribution in [1.29, 1.82) is 0 Å². The van der Waals surface area contributed by atoms with Gasteiger partial charge in [-0.1, -0.05) is 0 Å². The number of benzene rings is 1. The number of methoxy groups -OCH3 is 2. The second-order valence-corrected chi connectivity index (χ2v) is 6.20. The van der Waals surface area contributed by atoms with Crippen molar-refractivity contribution in [1.82, 2.24) is 9.55 Å². The molecule has 2 aromatic rings. The Balaban J connectivity index is 1.76. The van der Waals surface area contributed by atoms with E-state index in [2.05, 4.69) is 15.2 Å². The number of nitrogens with one attached hydrogen (secondary N) is 1. The Kier molecular flexibility index (Phi) is 5.11. The van der Waals surface area contributed by atoms with Gasteiger partial charge in [0.25, 0.3) is 5.56 Å².